The molecule has 9 heteroatoms. The fraction of sp³-hybridized carbons (Fsp3) is 0.222. The van der Waals surface area contributed by atoms with E-state index in [0.717, 1.165) is 16.8 Å². The van der Waals surface area contributed by atoms with Crippen molar-refractivity contribution in [2.45, 2.75) is 19.3 Å². The van der Waals surface area contributed by atoms with Crippen molar-refractivity contribution in [3.8, 4) is 17.3 Å². The van der Waals surface area contributed by atoms with Crippen LogP contribution in [0.5, 0.6) is 11.5 Å². The number of phenols is 1. The van der Waals surface area contributed by atoms with Crippen LogP contribution in [0.4, 0.5) is 5.82 Å². The van der Waals surface area contributed by atoms with Gasteiger partial charge in [0.15, 0.2) is 17.3 Å². The van der Waals surface area contributed by atoms with Crippen molar-refractivity contribution in [3.63, 3.8) is 0 Å². The fourth-order valence-electron chi connectivity index (χ4n) is 3.36. The Bertz CT molecular complexity index is 1080. The summed E-state index contributed by atoms with van der Waals surface area (Å²) in [5.74, 6) is 0.868. The van der Waals surface area contributed by atoms with Crippen molar-refractivity contribution >= 4 is 11.7 Å². The van der Waals surface area contributed by atoms with E-state index in [2.05, 4.69) is 20.6 Å². The SMILES string of the molecule is COc1cc([C@@H]2CC(=O)Nc3c2c(C)nn3-c2ccc(=O)[nH]n2)ccc1O. The van der Waals surface area contributed by atoms with Gasteiger partial charge in [0.25, 0.3) is 5.56 Å². The topological polar surface area (TPSA) is 122 Å². The zero-order valence-corrected chi connectivity index (χ0v) is 14.7. The minimum atomic E-state index is -0.324. The molecule has 1 aliphatic heterocycles. The molecule has 0 saturated heterocycles. The lowest BCUT2D eigenvalue weighted by molar-refractivity contribution is -0.116. The molecule has 3 N–H and O–H groups in total. The van der Waals surface area contributed by atoms with E-state index in [-0.39, 0.29) is 29.6 Å². The van der Waals surface area contributed by atoms with Crippen LogP contribution in [0.25, 0.3) is 5.82 Å². The number of methoxy groups -OCH3 is 1. The second-order valence-electron chi connectivity index (χ2n) is 6.28. The van der Waals surface area contributed by atoms with E-state index in [4.69, 9.17) is 4.74 Å². The standard InChI is InChI=1S/C18H17N5O4/c1-9-17-11(10-3-4-12(24)13(7-10)27-2)8-16(26)19-18(17)23(22-9)14-5-6-15(25)21-20-14/h3-7,11,24H,8H2,1-2H3,(H,19,26)(H,21,25)/t11-/m0/s1. The Kier molecular flexibility index (Phi) is 3.91. The summed E-state index contributed by atoms with van der Waals surface area (Å²) in [5.41, 5.74) is 2.10. The summed E-state index contributed by atoms with van der Waals surface area (Å²) in [4.78, 5) is 23.6. The molecule has 1 amide bonds. The highest BCUT2D eigenvalue weighted by Gasteiger charge is 2.33. The van der Waals surface area contributed by atoms with Gasteiger partial charge in [-0.15, -0.1) is 0 Å². The van der Waals surface area contributed by atoms with Crippen molar-refractivity contribution < 1.29 is 14.6 Å². The van der Waals surface area contributed by atoms with Crippen LogP contribution in [0, 0.1) is 6.92 Å². The van der Waals surface area contributed by atoms with Gasteiger partial charge < -0.3 is 15.2 Å². The first kappa shape index (κ1) is 16.8. The molecule has 138 valence electrons. The van der Waals surface area contributed by atoms with Gasteiger partial charge >= 0.3 is 0 Å². The van der Waals surface area contributed by atoms with Crippen LogP contribution in [0.1, 0.15) is 29.2 Å². The number of hydrogen-bond acceptors (Lipinski definition) is 6. The highest BCUT2D eigenvalue weighted by Crippen LogP contribution is 2.41. The summed E-state index contributed by atoms with van der Waals surface area (Å²) < 4.78 is 6.69. The summed E-state index contributed by atoms with van der Waals surface area (Å²) in [6.45, 7) is 1.85. The van der Waals surface area contributed by atoms with Gasteiger partial charge in [-0.05, 0) is 30.7 Å². The second-order valence-corrected chi connectivity index (χ2v) is 6.28. The van der Waals surface area contributed by atoms with E-state index in [1.165, 1.54) is 23.9 Å². The van der Waals surface area contributed by atoms with Gasteiger partial charge in [0.05, 0.1) is 12.8 Å². The number of aryl methyl sites for hydroxylation is 1. The van der Waals surface area contributed by atoms with Crippen LogP contribution in [0.2, 0.25) is 0 Å². The zero-order chi connectivity index (χ0) is 19.1. The van der Waals surface area contributed by atoms with Crippen LogP contribution < -0.4 is 15.6 Å². The lowest BCUT2D eigenvalue weighted by Crippen LogP contribution is -2.25. The van der Waals surface area contributed by atoms with E-state index >= 15 is 0 Å². The fourth-order valence-corrected chi connectivity index (χ4v) is 3.36. The molecule has 9 nitrogen and oxygen atoms in total. The Morgan fingerprint density at radius 3 is 2.78 bits per heavy atom. The molecule has 1 aliphatic rings. The van der Waals surface area contributed by atoms with Crippen LogP contribution in [0.15, 0.2) is 35.1 Å². The first-order valence-electron chi connectivity index (χ1n) is 8.30. The number of hydrogen-bond donors (Lipinski definition) is 3. The number of aromatic amines is 1. The Hall–Kier alpha value is -3.62. The number of fused-ring (bicyclic) bond motifs is 1. The molecular formula is C18H17N5O4. The maximum Gasteiger partial charge on any atom is 0.264 e. The van der Waals surface area contributed by atoms with Crippen LogP contribution >= 0.6 is 0 Å². The average Bonchev–Trinajstić information content (AvgIpc) is 2.98. The number of anilines is 1. The molecule has 1 aromatic carbocycles. The Balaban J connectivity index is 1.87. The van der Waals surface area contributed by atoms with E-state index in [1.54, 1.807) is 18.2 Å². The van der Waals surface area contributed by atoms with Gasteiger partial charge in [-0.25, -0.2) is 5.10 Å². The molecule has 1 atom stereocenters. The number of amides is 1. The first-order valence-corrected chi connectivity index (χ1v) is 8.30. The summed E-state index contributed by atoms with van der Waals surface area (Å²) in [7, 11) is 1.48. The van der Waals surface area contributed by atoms with Gasteiger partial charge in [-0.1, -0.05) is 6.07 Å². The van der Waals surface area contributed by atoms with Gasteiger partial charge in [-0.2, -0.15) is 14.9 Å². The summed E-state index contributed by atoms with van der Waals surface area (Å²) in [6.07, 6.45) is 0.243. The van der Waals surface area contributed by atoms with E-state index in [9.17, 15) is 14.7 Å². The highest BCUT2D eigenvalue weighted by atomic mass is 16.5. The van der Waals surface area contributed by atoms with E-state index < -0.39 is 0 Å². The number of carbonyl (C=O) groups excluding carboxylic acids is 1. The second kappa shape index (κ2) is 6.27. The number of aromatic hydroxyl groups is 1. The number of benzene rings is 1. The van der Waals surface area contributed by atoms with Crippen LogP contribution in [0.3, 0.4) is 0 Å². The minimum absolute atomic E-state index is 0.0339. The largest absolute Gasteiger partial charge is 0.504 e. The van der Waals surface area contributed by atoms with Gasteiger partial charge in [-0.3, -0.25) is 9.59 Å². The summed E-state index contributed by atoms with van der Waals surface area (Å²) in [6, 6.07) is 7.91. The molecule has 0 aliphatic carbocycles. The third-order valence-electron chi connectivity index (χ3n) is 4.59. The molecule has 0 unspecified atom stereocenters. The van der Waals surface area contributed by atoms with Crippen molar-refractivity contribution in [3.05, 3.63) is 57.5 Å². The summed E-state index contributed by atoms with van der Waals surface area (Å²) in [5, 5.41) is 23.6. The third kappa shape index (κ3) is 2.82. The molecule has 3 aromatic rings. The Morgan fingerprint density at radius 2 is 2.07 bits per heavy atom. The van der Waals surface area contributed by atoms with E-state index in [1.807, 2.05) is 6.92 Å². The maximum absolute atomic E-state index is 12.4. The zero-order valence-electron chi connectivity index (χ0n) is 14.7. The molecule has 0 bridgehead atoms. The highest BCUT2D eigenvalue weighted by molar-refractivity contribution is 5.95. The van der Waals surface area contributed by atoms with Gasteiger partial charge in [0, 0.05) is 24.0 Å². The molecule has 27 heavy (non-hydrogen) atoms. The predicted molar refractivity (Wildman–Crippen MR) is 96.5 cm³/mol. The normalized spacial score (nSPS) is 15.9. The Labute approximate surface area is 153 Å². The van der Waals surface area contributed by atoms with Crippen LogP contribution in [-0.2, 0) is 4.79 Å². The number of aromatic nitrogens is 4. The number of carbonyl (C=O) groups is 1. The maximum atomic E-state index is 12.4. The smallest absolute Gasteiger partial charge is 0.264 e. The average molecular weight is 367 g/mol. The van der Waals surface area contributed by atoms with Crippen molar-refractivity contribution in [1.82, 2.24) is 20.0 Å². The van der Waals surface area contributed by atoms with Crippen LogP contribution in [-0.4, -0.2) is 38.1 Å². The summed E-state index contributed by atoms with van der Waals surface area (Å²) >= 11 is 0. The number of H-pyrrole nitrogens is 1. The Morgan fingerprint density at radius 1 is 1.26 bits per heavy atom. The van der Waals surface area contributed by atoms with Gasteiger partial charge in [0.2, 0.25) is 5.91 Å². The lowest BCUT2D eigenvalue weighted by atomic mass is 9.85. The number of phenolic OH excluding ortho intramolecular Hbond substituents is 1. The van der Waals surface area contributed by atoms with Crippen molar-refractivity contribution in [1.29, 1.82) is 0 Å². The monoisotopic (exact) mass is 367 g/mol. The van der Waals surface area contributed by atoms with Crippen molar-refractivity contribution in [2.24, 2.45) is 0 Å². The van der Waals surface area contributed by atoms with Gasteiger partial charge in [0.1, 0.15) is 5.82 Å². The number of ether oxygens (including phenoxy) is 1. The molecule has 2 aromatic heterocycles. The molecule has 0 fully saturated rings. The van der Waals surface area contributed by atoms with E-state index in [0.29, 0.717) is 17.4 Å². The molecule has 3 heterocycles. The molecule has 0 spiro atoms. The number of rotatable bonds is 3. The van der Waals surface area contributed by atoms with Crippen molar-refractivity contribution in [2.75, 3.05) is 12.4 Å². The molecule has 0 saturated carbocycles. The first-order chi connectivity index (χ1) is 13.0. The minimum Gasteiger partial charge on any atom is -0.504 e. The molecular weight excluding hydrogens is 350 g/mol. The quantitative estimate of drug-likeness (QED) is 0.644. The predicted octanol–water partition coefficient (Wildman–Crippen LogP) is 1.45. The third-order valence-corrected chi connectivity index (χ3v) is 4.59. The molecule has 4 rings (SSSR count). The number of nitrogens with zero attached hydrogens (tertiary/aromatic N) is 3. The molecule has 0 radical (unpaired) electrons. The lowest BCUT2D eigenvalue weighted by Gasteiger charge is -2.24. The number of nitrogens with one attached hydrogen (secondary N) is 2.